The van der Waals surface area contributed by atoms with Gasteiger partial charge in [-0.1, -0.05) is 11.2 Å². The number of nitrogens with zero attached hydrogens (tertiary/aromatic N) is 2. The highest BCUT2D eigenvalue weighted by molar-refractivity contribution is 6.06. The van der Waals surface area contributed by atoms with Crippen LogP contribution >= 0.6 is 0 Å². The number of carbonyl (C=O) groups excluding carboxylic acids is 2. The van der Waals surface area contributed by atoms with Crippen molar-refractivity contribution < 1.29 is 14.1 Å². The van der Waals surface area contributed by atoms with Crippen molar-refractivity contribution in [1.82, 2.24) is 10.5 Å². The van der Waals surface area contributed by atoms with Gasteiger partial charge in [-0.25, -0.2) is 0 Å². The molecule has 2 heterocycles. The lowest BCUT2D eigenvalue weighted by Gasteiger charge is -2.19. The van der Waals surface area contributed by atoms with Crippen LogP contribution in [0.25, 0.3) is 0 Å². The lowest BCUT2D eigenvalue weighted by molar-refractivity contribution is 0.0986. The Kier molecular flexibility index (Phi) is 5.49. The molecule has 1 aliphatic heterocycles. The minimum atomic E-state index is -0.409. The maximum atomic E-state index is 12.9. The zero-order chi connectivity index (χ0) is 21.1. The van der Waals surface area contributed by atoms with E-state index in [-0.39, 0.29) is 11.7 Å². The average Bonchev–Trinajstić information content (AvgIpc) is 3.40. The SMILES string of the molecule is Cc1cc(C(=O)Nc2cccc(NC(=O)c3ccno3)c2)cc(N2CNC(C)C2)c1. The molecule has 0 saturated carbocycles. The van der Waals surface area contributed by atoms with Gasteiger partial charge in [0.25, 0.3) is 11.8 Å². The van der Waals surface area contributed by atoms with Crippen molar-refractivity contribution in [1.29, 1.82) is 0 Å². The summed E-state index contributed by atoms with van der Waals surface area (Å²) in [6.07, 6.45) is 1.40. The van der Waals surface area contributed by atoms with E-state index < -0.39 is 5.91 Å². The Morgan fingerprint density at radius 3 is 2.53 bits per heavy atom. The van der Waals surface area contributed by atoms with Crippen LogP contribution in [0.4, 0.5) is 17.1 Å². The standard InChI is InChI=1S/C22H23N5O3/c1-14-8-16(10-19(9-14)27-12-15(2)23-13-27)21(28)25-17-4-3-5-18(11-17)26-22(29)20-6-7-24-30-20/h3-11,15,23H,12-13H2,1-2H3,(H,25,28)(H,26,29). The van der Waals surface area contributed by atoms with E-state index in [4.69, 9.17) is 4.52 Å². The van der Waals surface area contributed by atoms with Gasteiger partial charge in [0, 0.05) is 41.3 Å². The molecule has 3 aromatic rings. The van der Waals surface area contributed by atoms with E-state index in [9.17, 15) is 9.59 Å². The van der Waals surface area contributed by atoms with Gasteiger partial charge in [-0.2, -0.15) is 0 Å². The summed E-state index contributed by atoms with van der Waals surface area (Å²) in [5.41, 5.74) is 3.74. The Morgan fingerprint density at radius 1 is 1.10 bits per heavy atom. The van der Waals surface area contributed by atoms with Crippen LogP contribution in [0.1, 0.15) is 33.4 Å². The molecular formula is C22H23N5O3. The highest BCUT2D eigenvalue weighted by Crippen LogP contribution is 2.23. The van der Waals surface area contributed by atoms with Crippen molar-refractivity contribution in [2.75, 3.05) is 28.7 Å². The first-order valence-electron chi connectivity index (χ1n) is 9.71. The zero-order valence-corrected chi connectivity index (χ0v) is 16.8. The third-order valence-electron chi connectivity index (χ3n) is 4.85. The number of amides is 2. The van der Waals surface area contributed by atoms with E-state index in [0.29, 0.717) is 23.0 Å². The van der Waals surface area contributed by atoms with Gasteiger partial charge in [0.2, 0.25) is 5.76 Å². The number of anilines is 3. The number of nitrogens with one attached hydrogen (secondary N) is 3. The molecule has 2 aromatic carbocycles. The summed E-state index contributed by atoms with van der Waals surface area (Å²) in [4.78, 5) is 27.2. The van der Waals surface area contributed by atoms with E-state index in [1.807, 2.05) is 19.1 Å². The van der Waals surface area contributed by atoms with Gasteiger partial charge in [0.1, 0.15) is 0 Å². The van der Waals surface area contributed by atoms with Gasteiger partial charge < -0.3 is 20.1 Å². The minimum Gasteiger partial charge on any atom is -0.357 e. The van der Waals surface area contributed by atoms with Crippen molar-refractivity contribution in [2.24, 2.45) is 0 Å². The first kappa shape index (κ1) is 19.7. The topological polar surface area (TPSA) is 99.5 Å². The molecule has 0 radical (unpaired) electrons. The molecule has 154 valence electrons. The summed E-state index contributed by atoms with van der Waals surface area (Å²) in [5.74, 6) is -0.505. The Bertz CT molecular complexity index is 1060. The first-order chi connectivity index (χ1) is 14.5. The third kappa shape index (κ3) is 4.49. The first-order valence-corrected chi connectivity index (χ1v) is 9.71. The molecule has 8 heteroatoms. The number of rotatable bonds is 5. The molecule has 3 N–H and O–H groups in total. The smallest absolute Gasteiger partial charge is 0.294 e. The average molecular weight is 405 g/mol. The highest BCUT2D eigenvalue weighted by atomic mass is 16.5. The van der Waals surface area contributed by atoms with Gasteiger partial charge in [0.05, 0.1) is 12.9 Å². The van der Waals surface area contributed by atoms with Crippen LogP contribution in [0.5, 0.6) is 0 Å². The summed E-state index contributed by atoms with van der Waals surface area (Å²) in [5, 5.41) is 12.5. The van der Waals surface area contributed by atoms with E-state index in [1.165, 1.54) is 12.3 Å². The van der Waals surface area contributed by atoms with Crippen molar-refractivity contribution in [2.45, 2.75) is 19.9 Å². The minimum absolute atomic E-state index is 0.113. The maximum absolute atomic E-state index is 12.9. The molecule has 4 rings (SSSR count). The van der Waals surface area contributed by atoms with Crippen LogP contribution in [-0.2, 0) is 0 Å². The summed E-state index contributed by atoms with van der Waals surface area (Å²) in [6, 6.07) is 14.7. The van der Waals surface area contributed by atoms with Gasteiger partial charge >= 0.3 is 0 Å². The molecule has 0 bridgehead atoms. The van der Waals surface area contributed by atoms with Crippen LogP contribution in [0, 0.1) is 6.92 Å². The van der Waals surface area contributed by atoms with Gasteiger partial charge in [0.15, 0.2) is 0 Å². The molecule has 0 spiro atoms. The zero-order valence-electron chi connectivity index (χ0n) is 16.8. The number of hydrogen-bond acceptors (Lipinski definition) is 6. The maximum Gasteiger partial charge on any atom is 0.294 e. The molecule has 30 heavy (non-hydrogen) atoms. The van der Waals surface area contributed by atoms with Crippen LogP contribution < -0.4 is 20.9 Å². The number of benzene rings is 2. The largest absolute Gasteiger partial charge is 0.357 e. The molecule has 1 unspecified atom stereocenters. The Balaban J connectivity index is 1.47. The second-order valence-electron chi connectivity index (χ2n) is 7.41. The molecule has 1 aromatic heterocycles. The van der Waals surface area contributed by atoms with Crippen LogP contribution in [0.3, 0.4) is 0 Å². The lowest BCUT2D eigenvalue weighted by atomic mass is 10.1. The molecule has 8 nitrogen and oxygen atoms in total. The molecule has 1 atom stereocenters. The summed E-state index contributed by atoms with van der Waals surface area (Å²) in [7, 11) is 0. The van der Waals surface area contributed by atoms with Crippen LogP contribution in [0.2, 0.25) is 0 Å². The molecule has 0 aliphatic carbocycles. The molecule has 1 saturated heterocycles. The summed E-state index contributed by atoms with van der Waals surface area (Å²) in [6.45, 7) is 5.78. The predicted molar refractivity (Wildman–Crippen MR) is 115 cm³/mol. The quantitative estimate of drug-likeness (QED) is 0.603. The Morgan fingerprint density at radius 2 is 1.87 bits per heavy atom. The summed E-state index contributed by atoms with van der Waals surface area (Å²) >= 11 is 0. The van der Waals surface area contributed by atoms with Crippen molar-refractivity contribution >= 4 is 28.9 Å². The van der Waals surface area contributed by atoms with Crippen molar-refractivity contribution in [3.05, 3.63) is 71.6 Å². The number of aryl methyl sites for hydroxylation is 1. The molecule has 2 amide bonds. The van der Waals surface area contributed by atoms with Crippen molar-refractivity contribution in [3.8, 4) is 0 Å². The highest BCUT2D eigenvalue weighted by Gasteiger charge is 2.19. The second-order valence-corrected chi connectivity index (χ2v) is 7.41. The van der Waals surface area contributed by atoms with Gasteiger partial charge in [-0.05, 0) is 55.8 Å². The van der Waals surface area contributed by atoms with E-state index in [1.54, 1.807) is 24.3 Å². The van der Waals surface area contributed by atoms with E-state index >= 15 is 0 Å². The predicted octanol–water partition coefficient (Wildman–Crippen LogP) is 3.24. The van der Waals surface area contributed by atoms with E-state index in [2.05, 4.69) is 39.0 Å². The number of hydrogen-bond donors (Lipinski definition) is 3. The molecule has 1 fully saturated rings. The van der Waals surface area contributed by atoms with Gasteiger partial charge in [-0.15, -0.1) is 0 Å². The fraction of sp³-hybridized carbons (Fsp3) is 0.227. The number of aromatic nitrogens is 1. The van der Waals surface area contributed by atoms with Gasteiger partial charge in [-0.3, -0.25) is 14.9 Å². The Hall–Kier alpha value is -3.65. The van der Waals surface area contributed by atoms with Crippen LogP contribution in [-0.4, -0.2) is 36.2 Å². The second kappa shape index (κ2) is 8.38. The van der Waals surface area contributed by atoms with E-state index in [0.717, 1.165) is 24.5 Å². The normalized spacial score (nSPS) is 15.8. The fourth-order valence-electron chi connectivity index (χ4n) is 3.40. The third-order valence-corrected chi connectivity index (χ3v) is 4.85. The lowest BCUT2D eigenvalue weighted by Crippen LogP contribution is -2.22. The summed E-state index contributed by atoms with van der Waals surface area (Å²) < 4.78 is 4.85. The molecular weight excluding hydrogens is 382 g/mol. The monoisotopic (exact) mass is 405 g/mol. The van der Waals surface area contributed by atoms with Crippen LogP contribution in [0.15, 0.2) is 59.3 Å². The molecule has 1 aliphatic rings. The van der Waals surface area contributed by atoms with Crippen molar-refractivity contribution in [3.63, 3.8) is 0 Å². The number of carbonyl (C=O) groups is 2. The Labute approximate surface area is 174 Å². The fourth-order valence-corrected chi connectivity index (χ4v) is 3.40.